The van der Waals surface area contributed by atoms with Crippen molar-refractivity contribution in [2.45, 2.75) is 13.8 Å². The number of hydrogen-bond donors (Lipinski definition) is 1. The zero-order chi connectivity index (χ0) is 15.2. The van der Waals surface area contributed by atoms with Gasteiger partial charge in [0, 0.05) is 13.1 Å². The van der Waals surface area contributed by atoms with Crippen LogP contribution < -0.4 is 10.2 Å². The van der Waals surface area contributed by atoms with Crippen LogP contribution in [0.3, 0.4) is 0 Å². The number of hydrogen-bond acceptors (Lipinski definition) is 4. The Morgan fingerprint density at radius 3 is 2.48 bits per heavy atom. The van der Waals surface area contributed by atoms with Gasteiger partial charge in [-0.25, -0.2) is 9.97 Å². The van der Waals surface area contributed by atoms with Crippen LogP contribution in [-0.2, 0) is 0 Å². The van der Waals surface area contributed by atoms with Gasteiger partial charge in [-0.15, -0.1) is 0 Å². The first-order valence-corrected chi connectivity index (χ1v) is 7.16. The molecule has 1 N–H and O–H groups in total. The smallest absolute Gasteiger partial charge is 0.275 e. The predicted octanol–water partition coefficient (Wildman–Crippen LogP) is 3.23. The molecule has 1 heterocycles. The van der Waals surface area contributed by atoms with Crippen molar-refractivity contribution >= 4 is 29.0 Å². The molecule has 110 valence electrons. The monoisotopic (exact) mass is 304 g/mol. The lowest BCUT2D eigenvalue weighted by atomic mass is 10.3. The highest BCUT2D eigenvalue weighted by Crippen LogP contribution is 2.21. The molecule has 0 radical (unpaired) electrons. The molecular weight excluding hydrogens is 288 g/mol. The Kier molecular flexibility index (Phi) is 5.11. The third-order valence-corrected chi connectivity index (χ3v) is 3.41. The molecule has 0 saturated carbocycles. The molecule has 0 saturated heterocycles. The molecule has 2 aromatic rings. The van der Waals surface area contributed by atoms with Crippen molar-refractivity contribution in [3.8, 4) is 0 Å². The summed E-state index contributed by atoms with van der Waals surface area (Å²) < 4.78 is 0. The molecule has 5 nitrogen and oxygen atoms in total. The van der Waals surface area contributed by atoms with Crippen molar-refractivity contribution in [1.29, 1.82) is 0 Å². The average Bonchev–Trinajstić information content (AvgIpc) is 2.51. The molecule has 0 aliphatic rings. The quantitative estimate of drug-likeness (QED) is 0.921. The summed E-state index contributed by atoms with van der Waals surface area (Å²) in [5, 5.41) is 3.20. The molecule has 1 aromatic heterocycles. The molecule has 0 aliphatic heterocycles. The summed E-state index contributed by atoms with van der Waals surface area (Å²) in [6.07, 6.45) is 3.08. The number of carbonyl (C=O) groups is 1. The van der Waals surface area contributed by atoms with E-state index in [1.54, 1.807) is 30.5 Å². The maximum absolute atomic E-state index is 12.1. The maximum atomic E-state index is 12.1. The van der Waals surface area contributed by atoms with Crippen LogP contribution in [0.2, 0.25) is 5.02 Å². The Hall–Kier alpha value is -2.14. The SMILES string of the molecule is CCN(CC)c1cnc(C(=O)Nc2ccccc2Cl)cn1. The number of para-hydroxylation sites is 1. The first kappa shape index (κ1) is 15.3. The van der Waals surface area contributed by atoms with Crippen LogP contribution in [0.1, 0.15) is 24.3 Å². The molecule has 21 heavy (non-hydrogen) atoms. The molecule has 1 aromatic carbocycles. The Balaban J connectivity index is 2.12. The van der Waals surface area contributed by atoms with Gasteiger partial charge in [0.15, 0.2) is 0 Å². The zero-order valence-electron chi connectivity index (χ0n) is 12.0. The molecule has 6 heteroatoms. The van der Waals surface area contributed by atoms with Crippen LogP contribution in [0.4, 0.5) is 11.5 Å². The largest absolute Gasteiger partial charge is 0.356 e. The standard InChI is InChI=1S/C15H17ClN4O/c1-3-20(4-2)14-10-17-13(9-18-14)15(21)19-12-8-6-5-7-11(12)16/h5-10H,3-4H2,1-2H3,(H,19,21). The Morgan fingerprint density at radius 2 is 1.90 bits per heavy atom. The van der Waals surface area contributed by atoms with Gasteiger partial charge in [0.05, 0.1) is 23.1 Å². The predicted molar refractivity (Wildman–Crippen MR) is 85.0 cm³/mol. The second kappa shape index (κ2) is 7.04. The molecule has 0 fully saturated rings. The fourth-order valence-corrected chi connectivity index (χ4v) is 2.08. The molecule has 0 unspecified atom stereocenters. The summed E-state index contributed by atoms with van der Waals surface area (Å²) in [4.78, 5) is 22.6. The second-order valence-corrected chi connectivity index (χ2v) is 4.77. The highest BCUT2D eigenvalue weighted by Gasteiger charge is 2.11. The van der Waals surface area contributed by atoms with Crippen molar-refractivity contribution in [1.82, 2.24) is 9.97 Å². The second-order valence-electron chi connectivity index (χ2n) is 4.37. The van der Waals surface area contributed by atoms with Gasteiger partial charge in [-0.1, -0.05) is 23.7 Å². The fraction of sp³-hybridized carbons (Fsp3) is 0.267. The van der Waals surface area contributed by atoms with Crippen molar-refractivity contribution in [2.75, 3.05) is 23.3 Å². The van der Waals surface area contributed by atoms with E-state index < -0.39 is 0 Å². The summed E-state index contributed by atoms with van der Waals surface area (Å²) in [6, 6.07) is 7.05. The van der Waals surface area contributed by atoms with E-state index in [0.717, 1.165) is 18.9 Å². The van der Waals surface area contributed by atoms with E-state index in [4.69, 9.17) is 11.6 Å². The molecule has 0 spiro atoms. The maximum Gasteiger partial charge on any atom is 0.275 e. The summed E-state index contributed by atoms with van der Waals surface area (Å²) in [6.45, 7) is 5.78. The lowest BCUT2D eigenvalue weighted by Gasteiger charge is -2.18. The summed E-state index contributed by atoms with van der Waals surface area (Å²) in [7, 11) is 0. The molecule has 0 bridgehead atoms. The molecule has 1 amide bonds. The van der Waals surface area contributed by atoms with Crippen LogP contribution in [0.25, 0.3) is 0 Å². The minimum absolute atomic E-state index is 0.255. The van der Waals surface area contributed by atoms with E-state index in [-0.39, 0.29) is 11.6 Å². The highest BCUT2D eigenvalue weighted by atomic mass is 35.5. The Bertz CT molecular complexity index is 611. The number of rotatable bonds is 5. The topological polar surface area (TPSA) is 58.1 Å². The third kappa shape index (κ3) is 3.70. The van der Waals surface area contributed by atoms with Gasteiger partial charge >= 0.3 is 0 Å². The van der Waals surface area contributed by atoms with E-state index in [9.17, 15) is 4.79 Å². The third-order valence-electron chi connectivity index (χ3n) is 3.08. The van der Waals surface area contributed by atoms with Crippen LogP contribution in [-0.4, -0.2) is 29.0 Å². The Morgan fingerprint density at radius 1 is 1.19 bits per heavy atom. The number of nitrogens with zero attached hydrogens (tertiary/aromatic N) is 3. The Labute approximate surface area is 129 Å². The lowest BCUT2D eigenvalue weighted by molar-refractivity contribution is 0.102. The van der Waals surface area contributed by atoms with E-state index in [1.165, 1.54) is 6.20 Å². The summed E-state index contributed by atoms with van der Waals surface area (Å²) >= 11 is 6.00. The minimum Gasteiger partial charge on any atom is -0.356 e. The van der Waals surface area contributed by atoms with Crippen LogP contribution in [0.5, 0.6) is 0 Å². The van der Waals surface area contributed by atoms with Gasteiger partial charge < -0.3 is 10.2 Å². The van der Waals surface area contributed by atoms with Gasteiger partial charge in [0.2, 0.25) is 0 Å². The number of nitrogens with one attached hydrogen (secondary N) is 1. The highest BCUT2D eigenvalue weighted by molar-refractivity contribution is 6.33. The van der Waals surface area contributed by atoms with Crippen molar-refractivity contribution < 1.29 is 4.79 Å². The molecule has 0 aliphatic carbocycles. The average molecular weight is 305 g/mol. The number of amides is 1. The van der Waals surface area contributed by atoms with Gasteiger partial charge in [-0.05, 0) is 26.0 Å². The van der Waals surface area contributed by atoms with E-state index >= 15 is 0 Å². The lowest BCUT2D eigenvalue weighted by Crippen LogP contribution is -2.23. The van der Waals surface area contributed by atoms with Crippen LogP contribution in [0, 0.1) is 0 Å². The minimum atomic E-state index is -0.332. The molecule has 0 atom stereocenters. The van der Waals surface area contributed by atoms with E-state index in [1.807, 2.05) is 13.8 Å². The number of anilines is 2. The number of benzene rings is 1. The first-order valence-electron chi connectivity index (χ1n) is 6.78. The number of aromatic nitrogens is 2. The van der Waals surface area contributed by atoms with E-state index in [0.29, 0.717) is 10.7 Å². The number of carbonyl (C=O) groups excluding carboxylic acids is 1. The molecule has 2 rings (SSSR count). The summed E-state index contributed by atoms with van der Waals surface area (Å²) in [5.74, 6) is 0.427. The fourth-order valence-electron chi connectivity index (χ4n) is 1.90. The van der Waals surface area contributed by atoms with Crippen molar-refractivity contribution in [3.63, 3.8) is 0 Å². The van der Waals surface area contributed by atoms with E-state index in [2.05, 4.69) is 20.2 Å². The number of halogens is 1. The summed E-state index contributed by atoms with van der Waals surface area (Å²) in [5.41, 5.74) is 0.810. The van der Waals surface area contributed by atoms with Gasteiger partial charge in [0.1, 0.15) is 11.5 Å². The zero-order valence-corrected chi connectivity index (χ0v) is 12.8. The normalized spacial score (nSPS) is 10.2. The van der Waals surface area contributed by atoms with Crippen LogP contribution >= 0.6 is 11.6 Å². The van der Waals surface area contributed by atoms with Gasteiger partial charge in [-0.2, -0.15) is 0 Å². The van der Waals surface area contributed by atoms with Crippen molar-refractivity contribution in [3.05, 3.63) is 47.4 Å². The van der Waals surface area contributed by atoms with Crippen LogP contribution in [0.15, 0.2) is 36.7 Å². The first-order chi connectivity index (χ1) is 10.2. The van der Waals surface area contributed by atoms with Gasteiger partial charge in [0.25, 0.3) is 5.91 Å². The van der Waals surface area contributed by atoms with Crippen molar-refractivity contribution in [2.24, 2.45) is 0 Å². The molecular formula is C15H17ClN4O. The van der Waals surface area contributed by atoms with Gasteiger partial charge in [-0.3, -0.25) is 4.79 Å².